The molecule has 0 spiro atoms. The quantitative estimate of drug-likeness (QED) is 0.535. The number of esters is 1. The Bertz CT molecular complexity index is 1190. The van der Waals surface area contributed by atoms with Gasteiger partial charge in [0.1, 0.15) is 6.61 Å². The Kier molecular flexibility index (Phi) is 4.32. The van der Waals surface area contributed by atoms with E-state index in [2.05, 4.69) is 46.7 Å². The number of ether oxygens (including phenoxy) is 1. The number of benzene rings is 2. The lowest BCUT2D eigenvalue weighted by molar-refractivity contribution is 0.0254. The Morgan fingerprint density at radius 2 is 1.90 bits per heavy atom. The largest absolute Gasteiger partial charge is 0.456 e. The van der Waals surface area contributed by atoms with E-state index in [1.165, 1.54) is 41.5 Å². The zero-order valence-corrected chi connectivity index (χ0v) is 18.0. The minimum Gasteiger partial charge on any atom is -0.456 e. The lowest BCUT2D eigenvalue weighted by atomic mass is 9.66. The van der Waals surface area contributed by atoms with Gasteiger partial charge in [-0.3, -0.25) is 4.90 Å². The highest BCUT2D eigenvalue weighted by Crippen LogP contribution is 2.56. The molecule has 3 aliphatic rings. The van der Waals surface area contributed by atoms with Crippen molar-refractivity contribution < 1.29 is 9.53 Å². The fraction of sp³-hybridized carbons (Fsp3) is 0.370. The highest BCUT2D eigenvalue weighted by atomic mass is 16.5. The molecule has 31 heavy (non-hydrogen) atoms. The summed E-state index contributed by atoms with van der Waals surface area (Å²) in [7, 11) is 0. The van der Waals surface area contributed by atoms with Crippen molar-refractivity contribution in [2.75, 3.05) is 19.7 Å². The number of hydrogen-bond acceptors (Lipinski definition) is 3. The molecule has 3 aliphatic heterocycles. The number of nitrogens with zero attached hydrogens (tertiary/aromatic N) is 2. The predicted molar refractivity (Wildman–Crippen MR) is 123 cm³/mol. The number of piperidine rings is 1. The Hall–Kier alpha value is -2.85. The first-order valence-electron chi connectivity index (χ1n) is 11.5. The van der Waals surface area contributed by atoms with E-state index in [-0.39, 0.29) is 11.4 Å². The Labute approximate surface area is 183 Å². The highest BCUT2D eigenvalue weighted by molar-refractivity contribution is 5.92. The molecular formula is C27H28N2O2. The van der Waals surface area contributed by atoms with E-state index in [1.54, 1.807) is 0 Å². The molecule has 4 heteroatoms. The van der Waals surface area contributed by atoms with Crippen molar-refractivity contribution in [1.82, 2.24) is 9.47 Å². The van der Waals surface area contributed by atoms with Crippen molar-refractivity contribution in [3.63, 3.8) is 0 Å². The van der Waals surface area contributed by atoms with Gasteiger partial charge < -0.3 is 9.30 Å². The third kappa shape index (κ3) is 2.74. The maximum absolute atomic E-state index is 12.7. The topological polar surface area (TPSA) is 34.5 Å². The van der Waals surface area contributed by atoms with Crippen LogP contribution in [0.5, 0.6) is 0 Å². The van der Waals surface area contributed by atoms with Crippen molar-refractivity contribution in [2.24, 2.45) is 5.41 Å². The van der Waals surface area contributed by atoms with Gasteiger partial charge in [0.05, 0.1) is 22.8 Å². The second-order valence-electron chi connectivity index (χ2n) is 9.17. The van der Waals surface area contributed by atoms with Crippen LogP contribution in [0.15, 0.2) is 60.7 Å². The average Bonchev–Trinajstić information content (AvgIpc) is 3.17. The van der Waals surface area contributed by atoms with Gasteiger partial charge in [0.2, 0.25) is 0 Å². The van der Waals surface area contributed by atoms with E-state index in [0.717, 1.165) is 25.1 Å². The summed E-state index contributed by atoms with van der Waals surface area (Å²) in [4.78, 5) is 15.4. The minimum atomic E-state index is -0.259. The molecule has 1 aromatic heterocycles. The standard InChI is InChI=1S/C27H28N2O2/c1-2-27-14-8-15-28-16-13-22-21-11-6-7-12-23(21)29(24(22)25(27)28)20(17-27)18-31-26(30)19-9-4-3-5-10-19/h3-7,9-12,17,25H,2,8,13-16,18H2,1H3/t25-,27-/m1/s1. The summed E-state index contributed by atoms with van der Waals surface area (Å²) in [6.45, 7) is 4.94. The third-order valence-corrected chi connectivity index (χ3v) is 7.69. The van der Waals surface area contributed by atoms with Gasteiger partial charge in [0.25, 0.3) is 0 Å². The normalized spacial score (nSPS) is 24.5. The van der Waals surface area contributed by atoms with E-state index in [0.29, 0.717) is 18.2 Å². The van der Waals surface area contributed by atoms with Crippen LogP contribution in [0.2, 0.25) is 0 Å². The summed E-state index contributed by atoms with van der Waals surface area (Å²) >= 11 is 0. The summed E-state index contributed by atoms with van der Waals surface area (Å²) in [6, 6.07) is 18.5. The Morgan fingerprint density at radius 1 is 1.10 bits per heavy atom. The predicted octanol–water partition coefficient (Wildman–Crippen LogP) is 5.44. The number of fused-ring (bicyclic) bond motifs is 3. The van der Waals surface area contributed by atoms with Crippen molar-refractivity contribution in [2.45, 2.75) is 38.6 Å². The van der Waals surface area contributed by atoms with Crippen LogP contribution in [-0.2, 0) is 11.2 Å². The van der Waals surface area contributed by atoms with Gasteiger partial charge in [-0.1, -0.05) is 49.4 Å². The third-order valence-electron chi connectivity index (χ3n) is 7.69. The Balaban J connectivity index is 1.48. The van der Waals surface area contributed by atoms with Gasteiger partial charge in [-0.05, 0) is 56.0 Å². The molecule has 6 rings (SSSR count). The molecule has 158 valence electrons. The molecule has 0 N–H and O–H groups in total. The van der Waals surface area contributed by atoms with Crippen LogP contribution in [-0.4, -0.2) is 35.1 Å². The van der Waals surface area contributed by atoms with Crippen LogP contribution in [0.25, 0.3) is 16.6 Å². The fourth-order valence-electron chi connectivity index (χ4n) is 6.29. The zero-order chi connectivity index (χ0) is 21.0. The van der Waals surface area contributed by atoms with Crippen LogP contribution in [0.4, 0.5) is 0 Å². The molecule has 3 aromatic rings. The molecule has 4 heterocycles. The molecule has 0 amide bonds. The van der Waals surface area contributed by atoms with E-state index in [4.69, 9.17) is 4.74 Å². The molecular weight excluding hydrogens is 384 g/mol. The number of aromatic nitrogens is 1. The molecule has 1 fully saturated rings. The van der Waals surface area contributed by atoms with Crippen LogP contribution in [0.1, 0.15) is 53.8 Å². The summed E-state index contributed by atoms with van der Waals surface area (Å²) < 4.78 is 8.27. The second-order valence-corrected chi connectivity index (χ2v) is 9.17. The average molecular weight is 413 g/mol. The lowest BCUT2D eigenvalue weighted by Crippen LogP contribution is -2.50. The van der Waals surface area contributed by atoms with Gasteiger partial charge >= 0.3 is 5.97 Å². The van der Waals surface area contributed by atoms with Gasteiger partial charge in [-0.2, -0.15) is 0 Å². The molecule has 4 nitrogen and oxygen atoms in total. The van der Waals surface area contributed by atoms with E-state index >= 15 is 0 Å². The number of rotatable bonds is 4. The molecule has 0 aliphatic carbocycles. The maximum Gasteiger partial charge on any atom is 0.338 e. The molecule has 2 atom stereocenters. The summed E-state index contributed by atoms with van der Waals surface area (Å²) in [5.74, 6) is -0.259. The highest BCUT2D eigenvalue weighted by Gasteiger charge is 2.50. The van der Waals surface area contributed by atoms with Crippen molar-refractivity contribution in [1.29, 1.82) is 0 Å². The molecule has 1 saturated heterocycles. The van der Waals surface area contributed by atoms with Crippen LogP contribution < -0.4 is 0 Å². The zero-order valence-electron chi connectivity index (χ0n) is 18.0. The number of carbonyl (C=O) groups is 1. The van der Waals surface area contributed by atoms with Crippen molar-refractivity contribution in [3.8, 4) is 0 Å². The molecule has 0 bridgehead atoms. The monoisotopic (exact) mass is 412 g/mol. The number of carbonyl (C=O) groups excluding carboxylic acids is 1. The number of hydrogen-bond donors (Lipinski definition) is 0. The molecule has 0 radical (unpaired) electrons. The van der Waals surface area contributed by atoms with Gasteiger partial charge in [-0.25, -0.2) is 4.79 Å². The van der Waals surface area contributed by atoms with Crippen LogP contribution in [0.3, 0.4) is 0 Å². The summed E-state index contributed by atoms with van der Waals surface area (Å²) in [5.41, 5.74) is 6.02. The van der Waals surface area contributed by atoms with E-state index in [9.17, 15) is 4.79 Å². The maximum atomic E-state index is 12.7. The van der Waals surface area contributed by atoms with Crippen molar-refractivity contribution >= 4 is 22.6 Å². The first-order valence-corrected chi connectivity index (χ1v) is 11.5. The van der Waals surface area contributed by atoms with E-state index in [1.807, 2.05) is 30.3 Å². The number of para-hydroxylation sites is 1. The lowest BCUT2D eigenvalue weighted by Gasteiger charge is -2.53. The molecule has 0 unspecified atom stereocenters. The summed E-state index contributed by atoms with van der Waals surface area (Å²) in [5, 5.41) is 1.36. The SMILES string of the molecule is CC[C@]12C=C(COC(=O)c3ccccc3)n3c4c(c5ccccc53)CCN(CCC1)[C@H]42. The van der Waals surface area contributed by atoms with E-state index < -0.39 is 0 Å². The fourth-order valence-corrected chi connectivity index (χ4v) is 6.29. The molecule has 2 aromatic carbocycles. The first-order chi connectivity index (χ1) is 15.2. The molecule has 0 saturated carbocycles. The van der Waals surface area contributed by atoms with Gasteiger partial charge in [-0.15, -0.1) is 0 Å². The Morgan fingerprint density at radius 3 is 2.74 bits per heavy atom. The smallest absolute Gasteiger partial charge is 0.338 e. The van der Waals surface area contributed by atoms with Crippen LogP contribution in [0, 0.1) is 5.41 Å². The van der Waals surface area contributed by atoms with Gasteiger partial charge in [0.15, 0.2) is 0 Å². The minimum absolute atomic E-state index is 0.117. The van der Waals surface area contributed by atoms with Crippen molar-refractivity contribution in [3.05, 3.63) is 77.5 Å². The summed E-state index contributed by atoms with van der Waals surface area (Å²) in [6.07, 6.45) is 7.08. The first kappa shape index (κ1) is 18.9. The van der Waals surface area contributed by atoms with Crippen LogP contribution >= 0.6 is 0 Å². The second kappa shape index (κ2) is 7.10. The van der Waals surface area contributed by atoms with Gasteiger partial charge in [0, 0.05) is 23.0 Å².